The van der Waals surface area contributed by atoms with E-state index in [1.165, 1.54) is 24.0 Å². The number of anilines is 1. The summed E-state index contributed by atoms with van der Waals surface area (Å²) in [4.78, 5) is 15.9. The first-order valence-corrected chi connectivity index (χ1v) is 13.7. The summed E-state index contributed by atoms with van der Waals surface area (Å²) in [7, 11) is 0. The lowest BCUT2D eigenvalue weighted by molar-refractivity contribution is -0.0246. The number of hydrogen-bond acceptors (Lipinski definition) is 8. The maximum Gasteiger partial charge on any atom is 0.223 e. The van der Waals surface area contributed by atoms with Crippen molar-refractivity contribution in [2.45, 2.75) is 63.3 Å². The van der Waals surface area contributed by atoms with Gasteiger partial charge in [-0.05, 0) is 48.4 Å². The number of halogens is 2. The summed E-state index contributed by atoms with van der Waals surface area (Å²) in [5, 5.41) is 14.7. The van der Waals surface area contributed by atoms with E-state index in [4.69, 9.17) is 26.1 Å². The number of rotatable bonds is 6. The highest BCUT2D eigenvalue weighted by Gasteiger charge is 2.49. The number of aromatic nitrogens is 3. The van der Waals surface area contributed by atoms with Gasteiger partial charge in [0.2, 0.25) is 5.95 Å². The van der Waals surface area contributed by atoms with E-state index < -0.39 is 11.9 Å². The molecule has 1 saturated carbocycles. The van der Waals surface area contributed by atoms with Crippen LogP contribution in [0.15, 0.2) is 24.5 Å². The Morgan fingerprint density at radius 2 is 2.05 bits per heavy atom. The Labute approximate surface area is 226 Å². The molecule has 3 aliphatic rings. The molecule has 8 nitrogen and oxygen atoms in total. The van der Waals surface area contributed by atoms with Gasteiger partial charge in [0.1, 0.15) is 5.69 Å². The molecule has 0 radical (unpaired) electrons. The largest absolute Gasteiger partial charge is 0.389 e. The zero-order valence-corrected chi connectivity index (χ0v) is 22.5. The standard InChI is InChI=1S/C28H33ClFN5O3/c1-16(2)25-17(13-35-6-8-38-15-28(35)4-5-28)11-31-23-10-20(29)18(9-19(23)25)26-21(30)12-32-27(34-26)33-22-3-7-37-14-24(22)36/h9-12,16,22,24,36H,3-8,13-15H2,1-2H3,(H,32,33,34)/t22-,24-/m1/s1. The normalized spacial score (nSPS) is 23.3. The predicted molar refractivity (Wildman–Crippen MR) is 144 cm³/mol. The first kappa shape index (κ1) is 25.8. The molecule has 3 fully saturated rings. The van der Waals surface area contributed by atoms with E-state index in [9.17, 15) is 5.11 Å². The summed E-state index contributed by atoms with van der Waals surface area (Å²) < 4.78 is 26.2. The number of hydrogen-bond donors (Lipinski definition) is 2. The van der Waals surface area contributed by atoms with Crippen LogP contribution in [0, 0.1) is 5.82 Å². The predicted octanol–water partition coefficient (Wildman–Crippen LogP) is 4.53. The van der Waals surface area contributed by atoms with Crippen molar-refractivity contribution in [3.05, 3.63) is 46.5 Å². The van der Waals surface area contributed by atoms with Crippen molar-refractivity contribution in [1.82, 2.24) is 19.9 Å². The molecule has 2 atom stereocenters. The van der Waals surface area contributed by atoms with Crippen LogP contribution in [0.5, 0.6) is 0 Å². The number of morpholine rings is 1. The molecule has 38 heavy (non-hydrogen) atoms. The topological polar surface area (TPSA) is 92.6 Å². The molecule has 202 valence electrons. The Morgan fingerprint density at radius 1 is 1.21 bits per heavy atom. The summed E-state index contributed by atoms with van der Waals surface area (Å²) in [6.07, 6.45) is 5.35. The fraction of sp³-hybridized carbons (Fsp3) is 0.536. The molecule has 2 aromatic heterocycles. The van der Waals surface area contributed by atoms with Crippen LogP contribution in [0.1, 0.15) is 50.2 Å². The van der Waals surface area contributed by atoms with Crippen LogP contribution in [0.4, 0.5) is 10.3 Å². The molecule has 1 spiro atoms. The third kappa shape index (κ3) is 4.86. The molecular formula is C28H33ClFN5O3. The Bertz CT molecular complexity index is 1350. The second-order valence-electron chi connectivity index (χ2n) is 11.0. The highest BCUT2D eigenvalue weighted by atomic mass is 35.5. The highest BCUT2D eigenvalue weighted by Crippen LogP contribution is 2.45. The SMILES string of the molecule is CC(C)c1c(CN2CCOCC23CC3)cnc2cc(Cl)c(-c3nc(N[C@@H]4CCOC[C@H]4O)ncc3F)cc12. The zero-order chi connectivity index (χ0) is 26.4. The summed E-state index contributed by atoms with van der Waals surface area (Å²) in [6, 6.07) is 3.42. The second kappa shape index (κ2) is 10.3. The van der Waals surface area contributed by atoms with Crippen molar-refractivity contribution in [3.63, 3.8) is 0 Å². The minimum atomic E-state index is -0.690. The lowest BCUT2D eigenvalue weighted by atomic mass is 9.92. The second-order valence-corrected chi connectivity index (χ2v) is 11.4. The van der Waals surface area contributed by atoms with Crippen LogP contribution in [0.25, 0.3) is 22.2 Å². The number of nitrogens with zero attached hydrogens (tertiary/aromatic N) is 4. The minimum Gasteiger partial charge on any atom is -0.389 e. The fourth-order valence-electron chi connectivity index (χ4n) is 5.77. The van der Waals surface area contributed by atoms with E-state index in [1.54, 1.807) is 6.07 Å². The van der Waals surface area contributed by atoms with Gasteiger partial charge in [-0.15, -0.1) is 0 Å². The zero-order valence-electron chi connectivity index (χ0n) is 21.7. The average Bonchev–Trinajstić information content (AvgIpc) is 3.67. The molecule has 10 heteroatoms. The molecule has 3 aromatic rings. The van der Waals surface area contributed by atoms with Crippen molar-refractivity contribution in [2.75, 3.05) is 38.3 Å². The van der Waals surface area contributed by atoms with E-state index in [0.29, 0.717) is 23.6 Å². The van der Waals surface area contributed by atoms with E-state index in [0.717, 1.165) is 43.4 Å². The first-order valence-electron chi connectivity index (χ1n) is 13.3. The molecule has 6 rings (SSSR count). The van der Waals surface area contributed by atoms with Gasteiger partial charge < -0.3 is 19.9 Å². The van der Waals surface area contributed by atoms with Gasteiger partial charge in [0.25, 0.3) is 0 Å². The van der Waals surface area contributed by atoms with Gasteiger partial charge in [0.15, 0.2) is 5.82 Å². The van der Waals surface area contributed by atoms with E-state index in [-0.39, 0.29) is 35.7 Å². The maximum atomic E-state index is 15.1. The van der Waals surface area contributed by atoms with Gasteiger partial charge >= 0.3 is 0 Å². The maximum absolute atomic E-state index is 15.1. The summed E-state index contributed by atoms with van der Waals surface area (Å²) in [6.45, 7) is 8.36. The third-order valence-electron chi connectivity index (χ3n) is 8.03. The van der Waals surface area contributed by atoms with Crippen molar-refractivity contribution < 1.29 is 19.0 Å². The number of aliphatic hydroxyl groups is 1. The van der Waals surface area contributed by atoms with Crippen LogP contribution < -0.4 is 5.32 Å². The van der Waals surface area contributed by atoms with Gasteiger partial charge in [-0.3, -0.25) is 9.88 Å². The van der Waals surface area contributed by atoms with Crippen LogP contribution in [0.3, 0.4) is 0 Å². The van der Waals surface area contributed by atoms with Gasteiger partial charge in [0.05, 0.1) is 48.7 Å². The smallest absolute Gasteiger partial charge is 0.223 e. The highest BCUT2D eigenvalue weighted by molar-refractivity contribution is 6.34. The third-order valence-corrected chi connectivity index (χ3v) is 8.35. The molecule has 1 aliphatic carbocycles. The van der Waals surface area contributed by atoms with E-state index in [1.807, 2.05) is 12.3 Å². The average molecular weight is 542 g/mol. The molecular weight excluding hydrogens is 509 g/mol. The van der Waals surface area contributed by atoms with Crippen LogP contribution >= 0.6 is 11.6 Å². The lowest BCUT2D eigenvalue weighted by Gasteiger charge is -2.36. The van der Waals surface area contributed by atoms with E-state index >= 15 is 4.39 Å². The summed E-state index contributed by atoms with van der Waals surface area (Å²) >= 11 is 6.68. The Hall–Kier alpha value is -2.43. The number of pyridine rings is 1. The van der Waals surface area contributed by atoms with Gasteiger partial charge in [0, 0.05) is 42.4 Å². The molecule has 0 unspecified atom stereocenters. The summed E-state index contributed by atoms with van der Waals surface area (Å²) in [5.41, 5.74) is 3.90. The molecule has 2 N–H and O–H groups in total. The molecule has 0 bridgehead atoms. The van der Waals surface area contributed by atoms with Gasteiger partial charge in [-0.25, -0.2) is 14.4 Å². The molecule has 2 saturated heterocycles. The van der Waals surface area contributed by atoms with Crippen LogP contribution in [-0.2, 0) is 16.0 Å². The van der Waals surface area contributed by atoms with Crippen molar-refractivity contribution in [2.24, 2.45) is 0 Å². The van der Waals surface area contributed by atoms with Gasteiger partial charge in [-0.2, -0.15) is 0 Å². The number of aliphatic hydroxyl groups excluding tert-OH is 1. The van der Waals surface area contributed by atoms with Gasteiger partial charge in [-0.1, -0.05) is 25.4 Å². The quantitative estimate of drug-likeness (QED) is 0.470. The Balaban J connectivity index is 1.38. The molecule has 0 amide bonds. The Morgan fingerprint density at radius 3 is 2.82 bits per heavy atom. The van der Waals surface area contributed by atoms with E-state index in [2.05, 4.69) is 34.0 Å². The Kier molecular flexibility index (Phi) is 6.98. The van der Waals surface area contributed by atoms with Crippen molar-refractivity contribution >= 4 is 28.5 Å². The lowest BCUT2D eigenvalue weighted by Crippen LogP contribution is -2.47. The number of ether oxygens (including phenoxy) is 2. The molecule has 1 aromatic carbocycles. The first-order chi connectivity index (χ1) is 18.3. The number of fused-ring (bicyclic) bond motifs is 1. The summed E-state index contributed by atoms with van der Waals surface area (Å²) in [5.74, 6) is -0.103. The van der Waals surface area contributed by atoms with Crippen LogP contribution in [0.2, 0.25) is 5.02 Å². The fourth-order valence-corrected chi connectivity index (χ4v) is 6.02. The van der Waals surface area contributed by atoms with Crippen molar-refractivity contribution in [3.8, 4) is 11.3 Å². The minimum absolute atomic E-state index is 0.112. The monoisotopic (exact) mass is 541 g/mol. The number of nitrogens with one attached hydrogen (secondary N) is 1. The molecule has 2 aliphatic heterocycles. The molecule has 4 heterocycles. The van der Waals surface area contributed by atoms with Crippen molar-refractivity contribution in [1.29, 1.82) is 0 Å². The number of benzene rings is 1. The van der Waals surface area contributed by atoms with Crippen LogP contribution in [-0.4, -0.2) is 75.6 Å².